The van der Waals surface area contributed by atoms with Crippen molar-refractivity contribution in [2.24, 2.45) is 34.5 Å². The highest BCUT2D eigenvalue weighted by atomic mass is 16.5. The molecule has 0 N–H and O–H groups in total. The molecule has 0 spiro atoms. The molecule has 0 bridgehead atoms. The van der Waals surface area contributed by atoms with Gasteiger partial charge in [-0.2, -0.15) is 0 Å². The van der Waals surface area contributed by atoms with Crippen LogP contribution in [-0.4, -0.2) is 12.1 Å². The van der Waals surface area contributed by atoms with E-state index in [9.17, 15) is 4.79 Å². The van der Waals surface area contributed by atoms with Crippen LogP contribution in [0.5, 0.6) is 0 Å². The van der Waals surface area contributed by atoms with E-state index in [1.807, 2.05) is 0 Å². The van der Waals surface area contributed by atoms with Crippen molar-refractivity contribution >= 4 is 5.97 Å². The Balaban J connectivity index is 1.59. The van der Waals surface area contributed by atoms with Crippen LogP contribution in [0.25, 0.3) is 0 Å². The van der Waals surface area contributed by atoms with E-state index in [2.05, 4.69) is 26.8 Å². The summed E-state index contributed by atoms with van der Waals surface area (Å²) in [6, 6.07) is 0. The predicted octanol–water partition coefficient (Wildman–Crippen LogP) is 5.91. The van der Waals surface area contributed by atoms with Crippen molar-refractivity contribution in [2.75, 3.05) is 0 Å². The minimum Gasteiger partial charge on any atom is -0.458 e. The Morgan fingerprint density at radius 1 is 1.12 bits per heavy atom. The fourth-order valence-corrected chi connectivity index (χ4v) is 7.78. The first kappa shape index (κ1) is 17.6. The Labute approximate surface area is 153 Å². The van der Waals surface area contributed by atoms with Crippen LogP contribution in [-0.2, 0) is 9.53 Å². The highest BCUT2D eigenvalue weighted by Crippen LogP contribution is 2.67. The lowest BCUT2D eigenvalue weighted by Gasteiger charge is -2.58. The lowest BCUT2D eigenvalue weighted by atomic mass is 9.46. The highest BCUT2D eigenvalue weighted by Gasteiger charge is 2.58. The molecule has 0 aliphatic heterocycles. The van der Waals surface area contributed by atoms with Gasteiger partial charge in [-0.1, -0.05) is 32.8 Å². The maximum absolute atomic E-state index is 11.3. The van der Waals surface area contributed by atoms with Crippen LogP contribution >= 0.6 is 0 Å². The van der Waals surface area contributed by atoms with Crippen LogP contribution in [0, 0.1) is 34.5 Å². The van der Waals surface area contributed by atoms with E-state index in [0.29, 0.717) is 10.8 Å². The highest BCUT2D eigenvalue weighted by molar-refractivity contribution is 5.66. The van der Waals surface area contributed by atoms with E-state index in [4.69, 9.17) is 4.74 Å². The summed E-state index contributed by atoms with van der Waals surface area (Å²) in [5.41, 5.74) is 2.59. The van der Waals surface area contributed by atoms with E-state index in [0.717, 1.165) is 30.1 Å². The molecule has 7 atom stereocenters. The van der Waals surface area contributed by atoms with Crippen LogP contribution in [0.15, 0.2) is 11.6 Å². The first-order chi connectivity index (χ1) is 11.9. The molecule has 0 heterocycles. The van der Waals surface area contributed by atoms with Gasteiger partial charge in [0.25, 0.3) is 0 Å². The molecule has 4 rings (SSSR count). The van der Waals surface area contributed by atoms with Crippen LogP contribution in [0.4, 0.5) is 0 Å². The Morgan fingerprint density at radius 3 is 2.64 bits per heavy atom. The third kappa shape index (κ3) is 2.61. The fraction of sp³-hybridized carbons (Fsp3) is 0.870. The quantitative estimate of drug-likeness (QED) is 0.460. The van der Waals surface area contributed by atoms with Gasteiger partial charge >= 0.3 is 5.97 Å². The van der Waals surface area contributed by atoms with Gasteiger partial charge in [-0.15, -0.1) is 0 Å². The molecule has 0 aromatic rings. The Bertz CT molecular complexity index is 579. The van der Waals surface area contributed by atoms with Crippen molar-refractivity contribution in [1.29, 1.82) is 0 Å². The number of carbonyl (C=O) groups is 1. The lowest BCUT2D eigenvalue weighted by Crippen LogP contribution is -2.50. The van der Waals surface area contributed by atoms with Crippen molar-refractivity contribution in [1.82, 2.24) is 0 Å². The van der Waals surface area contributed by atoms with Crippen LogP contribution < -0.4 is 0 Å². The summed E-state index contributed by atoms with van der Waals surface area (Å²) < 4.78 is 5.52. The number of hydrogen-bond acceptors (Lipinski definition) is 2. The van der Waals surface area contributed by atoms with Gasteiger partial charge in [0, 0.05) is 6.92 Å². The molecule has 0 aromatic carbocycles. The van der Waals surface area contributed by atoms with Crippen molar-refractivity contribution in [3.63, 3.8) is 0 Å². The molecular formula is C23H36O2. The summed E-state index contributed by atoms with van der Waals surface area (Å²) in [6.07, 6.45) is 14.4. The summed E-state index contributed by atoms with van der Waals surface area (Å²) in [5.74, 6) is 3.58. The third-order valence-electron chi connectivity index (χ3n) is 9.08. The molecule has 4 aliphatic carbocycles. The number of carbonyl (C=O) groups excluding carboxylic acids is 1. The maximum atomic E-state index is 11.3. The number of hydrogen-bond donors (Lipinski definition) is 0. The number of ether oxygens (including phenoxy) is 1. The zero-order valence-corrected chi connectivity index (χ0v) is 16.6. The van der Waals surface area contributed by atoms with Gasteiger partial charge in [0.05, 0.1) is 0 Å². The van der Waals surface area contributed by atoms with Gasteiger partial charge in [0.2, 0.25) is 0 Å². The fourth-order valence-electron chi connectivity index (χ4n) is 7.78. The minimum absolute atomic E-state index is 0.0296. The van der Waals surface area contributed by atoms with Gasteiger partial charge < -0.3 is 4.74 Å². The molecule has 25 heavy (non-hydrogen) atoms. The molecule has 0 unspecified atom stereocenters. The molecule has 3 saturated carbocycles. The first-order valence-corrected chi connectivity index (χ1v) is 10.8. The Hall–Kier alpha value is -0.790. The van der Waals surface area contributed by atoms with Crippen LogP contribution in [0.3, 0.4) is 0 Å². The lowest BCUT2D eigenvalue weighted by molar-refractivity contribution is -0.145. The van der Waals surface area contributed by atoms with Crippen molar-refractivity contribution in [3.05, 3.63) is 11.6 Å². The van der Waals surface area contributed by atoms with Gasteiger partial charge in [-0.25, -0.2) is 0 Å². The van der Waals surface area contributed by atoms with E-state index in [1.54, 1.807) is 5.57 Å². The second kappa shape index (κ2) is 6.13. The second-order valence-electron chi connectivity index (χ2n) is 9.94. The van der Waals surface area contributed by atoms with Crippen LogP contribution in [0.1, 0.15) is 85.5 Å². The molecule has 3 fully saturated rings. The smallest absolute Gasteiger partial charge is 0.303 e. The normalized spacial score (nSPS) is 48.8. The zero-order valence-electron chi connectivity index (χ0n) is 16.6. The summed E-state index contributed by atoms with van der Waals surface area (Å²) in [4.78, 5) is 11.3. The van der Waals surface area contributed by atoms with E-state index < -0.39 is 0 Å². The molecule has 0 amide bonds. The summed E-state index contributed by atoms with van der Waals surface area (Å²) in [6.45, 7) is 9.11. The summed E-state index contributed by atoms with van der Waals surface area (Å²) in [5, 5.41) is 0. The van der Waals surface area contributed by atoms with Crippen molar-refractivity contribution in [2.45, 2.75) is 91.6 Å². The molecule has 0 radical (unpaired) electrons. The average molecular weight is 345 g/mol. The SMILES string of the molecule is CC[C@H]1CC[C@H]2[C@@H]3CCC4=C[C@@H](OC(C)=O)CC[C@]4(C)[C@H]3CC[C@]12C. The minimum atomic E-state index is -0.135. The van der Waals surface area contributed by atoms with Gasteiger partial charge in [-0.3, -0.25) is 4.79 Å². The largest absolute Gasteiger partial charge is 0.458 e. The number of fused-ring (bicyclic) bond motifs is 5. The van der Waals surface area contributed by atoms with Crippen molar-refractivity contribution < 1.29 is 9.53 Å². The van der Waals surface area contributed by atoms with Gasteiger partial charge in [-0.05, 0) is 91.9 Å². The van der Waals surface area contributed by atoms with E-state index in [-0.39, 0.29) is 12.1 Å². The number of esters is 1. The topological polar surface area (TPSA) is 26.3 Å². The van der Waals surface area contributed by atoms with Gasteiger partial charge in [0.1, 0.15) is 6.10 Å². The van der Waals surface area contributed by atoms with E-state index in [1.165, 1.54) is 58.3 Å². The third-order valence-corrected chi connectivity index (χ3v) is 9.08. The molecule has 2 heteroatoms. The number of rotatable bonds is 2. The molecule has 140 valence electrons. The molecular weight excluding hydrogens is 308 g/mol. The maximum Gasteiger partial charge on any atom is 0.303 e. The Kier molecular flexibility index (Phi) is 4.32. The van der Waals surface area contributed by atoms with Gasteiger partial charge in [0.15, 0.2) is 0 Å². The van der Waals surface area contributed by atoms with Crippen LogP contribution in [0.2, 0.25) is 0 Å². The predicted molar refractivity (Wildman–Crippen MR) is 101 cm³/mol. The first-order valence-electron chi connectivity index (χ1n) is 10.8. The molecule has 0 aromatic heterocycles. The van der Waals surface area contributed by atoms with E-state index >= 15 is 0 Å². The monoisotopic (exact) mass is 344 g/mol. The zero-order chi connectivity index (χ0) is 17.8. The average Bonchev–Trinajstić information content (AvgIpc) is 2.91. The Morgan fingerprint density at radius 2 is 1.92 bits per heavy atom. The molecule has 2 nitrogen and oxygen atoms in total. The van der Waals surface area contributed by atoms with Crippen molar-refractivity contribution in [3.8, 4) is 0 Å². The molecule has 4 aliphatic rings. The summed E-state index contributed by atoms with van der Waals surface area (Å²) in [7, 11) is 0. The second-order valence-corrected chi connectivity index (χ2v) is 9.94. The summed E-state index contributed by atoms with van der Waals surface area (Å²) >= 11 is 0. The standard InChI is InChI=1S/C23H36O2/c1-5-16-7-9-20-19-8-6-17-14-18(25-15(2)24)10-12-23(17,4)21(19)11-13-22(16,20)3/h14,16,18-21H,5-13H2,1-4H3/t16-,18-,19-,20-,21-,22+,23-/m0/s1. The number of allylic oxidation sites excluding steroid dienone is 1. The molecule has 0 saturated heterocycles.